The average Bonchev–Trinajstić information content (AvgIpc) is 3.13. The summed E-state index contributed by atoms with van der Waals surface area (Å²) in [6.45, 7) is 3.92. The molecule has 0 aliphatic carbocycles. The number of imidazole rings is 1. The zero-order valence-corrected chi connectivity index (χ0v) is 19.9. The smallest absolute Gasteiger partial charge is 0.264 e. The predicted octanol–water partition coefficient (Wildman–Crippen LogP) is 5.06. The maximum Gasteiger partial charge on any atom is 0.264 e. The first kappa shape index (κ1) is 23.6. The standard InChI is InChI=1S/C26H26FN3O3S/c1-3-4-14-34(32,33)29-26(31)21-12-13-24-25(16-21)30(18(2)28-24)17-22-11-10-20(15-23(22)27)19-8-6-5-7-9-19/h5-13,15-16H,3-4,14,17H2,1-2H3,(H,29,31). The molecule has 8 heteroatoms. The Bertz CT molecular complexity index is 1450. The normalized spacial score (nSPS) is 11.6. The molecule has 0 bridgehead atoms. The molecule has 0 radical (unpaired) electrons. The fourth-order valence-corrected chi connectivity index (χ4v) is 5.00. The molecule has 0 aliphatic rings. The van der Waals surface area contributed by atoms with Gasteiger partial charge < -0.3 is 4.57 Å². The van der Waals surface area contributed by atoms with Crippen molar-refractivity contribution in [3.05, 3.63) is 89.5 Å². The number of rotatable bonds is 8. The minimum absolute atomic E-state index is 0.104. The molecule has 0 aliphatic heterocycles. The van der Waals surface area contributed by atoms with E-state index in [0.29, 0.717) is 35.3 Å². The summed E-state index contributed by atoms with van der Waals surface area (Å²) in [5.41, 5.74) is 3.68. The molecule has 1 amide bonds. The number of fused-ring (bicyclic) bond motifs is 1. The van der Waals surface area contributed by atoms with Gasteiger partial charge in [0.15, 0.2) is 0 Å². The lowest BCUT2D eigenvalue weighted by atomic mass is 10.0. The van der Waals surface area contributed by atoms with Crippen molar-refractivity contribution in [3.8, 4) is 11.1 Å². The van der Waals surface area contributed by atoms with Crippen LogP contribution in [-0.4, -0.2) is 29.6 Å². The van der Waals surface area contributed by atoms with Crippen LogP contribution in [0.1, 0.15) is 41.5 Å². The molecule has 1 N–H and O–H groups in total. The fraction of sp³-hybridized carbons (Fsp3) is 0.231. The van der Waals surface area contributed by atoms with Crippen LogP contribution in [0.25, 0.3) is 22.2 Å². The van der Waals surface area contributed by atoms with Crippen molar-refractivity contribution < 1.29 is 17.6 Å². The molecule has 6 nitrogen and oxygen atoms in total. The highest BCUT2D eigenvalue weighted by atomic mass is 32.2. The number of benzene rings is 3. The zero-order chi connectivity index (χ0) is 24.3. The van der Waals surface area contributed by atoms with Crippen LogP contribution < -0.4 is 4.72 Å². The van der Waals surface area contributed by atoms with Crippen LogP contribution >= 0.6 is 0 Å². The molecular weight excluding hydrogens is 453 g/mol. The lowest BCUT2D eigenvalue weighted by molar-refractivity contribution is 0.0981. The largest absolute Gasteiger partial charge is 0.324 e. The number of halogens is 1. The Morgan fingerprint density at radius 2 is 1.79 bits per heavy atom. The van der Waals surface area contributed by atoms with Crippen molar-refractivity contribution in [1.82, 2.24) is 14.3 Å². The Labute approximate surface area is 198 Å². The minimum Gasteiger partial charge on any atom is -0.324 e. The summed E-state index contributed by atoms with van der Waals surface area (Å²) in [5, 5.41) is 0. The van der Waals surface area contributed by atoms with Gasteiger partial charge in [0.1, 0.15) is 11.6 Å². The predicted molar refractivity (Wildman–Crippen MR) is 132 cm³/mol. The van der Waals surface area contributed by atoms with Gasteiger partial charge in [-0.1, -0.05) is 55.8 Å². The number of aryl methyl sites for hydroxylation is 1. The summed E-state index contributed by atoms with van der Waals surface area (Å²) in [5.74, 6) is -0.470. The van der Waals surface area contributed by atoms with Gasteiger partial charge in [-0.2, -0.15) is 0 Å². The van der Waals surface area contributed by atoms with Crippen molar-refractivity contribution in [2.75, 3.05) is 5.75 Å². The Morgan fingerprint density at radius 1 is 1.03 bits per heavy atom. The third-order valence-electron chi connectivity index (χ3n) is 5.70. The molecule has 1 aromatic heterocycles. The van der Waals surface area contributed by atoms with Gasteiger partial charge in [-0.15, -0.1) is 0 Å². The molecule has 0 fully saturated rings. The van der Waals surface area contributed by atoms with E-state index in [1.165, 1.54) is 6.07 Å². The zero-order valence-electron chi connectivity index (χ0n) is 19.1. The molecule has 34 heavy (non-hydrogen) atoms. The van der Waals surface area contributed by atoms with Crippen LogP contribution in [0.4, 0.5) is 4.39 Å². The van der Waals surface area contributed by atoms with Crippen molar-refractivity contribution >= 4 is 27.0 Å². The van der Waals surface area contributed by atoms with Crippen LogP contribution in [0.15, 0.2) is 66.7 Å². The van der Waals surface area contributed by atoms with Gasteiger partial charge >= 0.3 is 0 Å². The Balaban J connectivity index is 1.62. The summed E-state index contributed by atoms with van der Waals surface area (Å²) >= 11 is 0. The van der Waals surface area contributed by atoms with E-state index in [4.69, 9.17) is 0 Å². The van der Waals surface area contributed by atoms with Gasteiger partial charge in [0, 0.05) is 11.1 Å². The number of carbonyl (C=O) groups excluding carboxylic acids is 1. The first-order valence-corrected chi connectivity index (χ1v) is 12.8. The molecular formula is C26H26FN3O3S. The lowest BCUT2D eigenvalue weighted by Crippen LogP contribution is -2.32. The summed E-state index contributed by atoms with van der Waals surface area (Å²) in [7, 11) is -3.70. The first-order chi connectivity index (χ1) is 16.3. The Hall–Kier alpha value is -3.52. The second kappa shape index (κ2) is 9.77. The van der Waals surface area contributed by atoms with Crippen molar-refractivity contribution in [2.45, 2.75) is 33.2 Å². The molecule has 0 saturated heterocycles. The van der Waals surface area contributed by atoms with Gasteiger partial charge in [-0.25, -0.2) is 22.5 Å². The molecule has 3 aromatic carbocycles. The number of aromatic nitrogens is 2. The van der Waals surface area contributed by atoms with Gasteiger partial charge in [-0.05, 0) is 48.7 Å². The minimum atomic E-state index is -3.70. The molecule has 0 unspecified atom stereocenters. The van der Waals surface area contributed by atoms with Crippen molar-refractivity contribution in [3.63, 3.8) is 0 Å². The number of unbranched alkanes of at least 4 members (excludes halogenated alkanes) is 1. The highest BCUT2D eigenvalue weighted by molar-refractivity contribution is 7.90. The third kappa shape index (κ3) is 5.17. The summed E-state index contributed by atoms with van der Waals surface area (Å²) in [6.07, 6.45) is 1.19. The summed E-state index contributed by atoms with van der Waals surface area (Å²) in [6, 6.07) is 19.5. The van der Waals surface area contributed by atoms with E-state index in [0.717, 1.165) is 11.1 Å². The fourth-order valence-electron chi connectivity index (χ4n) is 3.83. The Morgan fingerprint density at radius 3 is 2.50 bits per heavy atom. The van der Waals surface area contributed by atoms with Gasteiger partial charge in [0.2, 0.25) is 10.0 Å². The van der Waals surface area contributed by atoms with Crippen molar-refractivity contribution in [1.29, 1.82) is 0 Å². The van der Waals surface area contributed by atoms with Crippen LogP contribution in [0, 0.1) is 12.7 Å². The van der Waals surface area contributed by atoms with E-state index < -0.39 is 15.9 Å². The van der Waals surface area contributed by atoms with Gasteiger partial charge in [0.25, 0.3) is 5.91 Å². The highest BCUT2D eigenvalue weighted by Gasteiger charge is 2.18. The maximum absolute atomic E-state index is 15.0. The van der Waals surface area contributed by atoms with E-state index in [9.17, 15) is 17.6 Å². The molecule has 4 aromatic rings. The molecule has 0 saturated carbocycles. The number of nitrogens with zero attached hydrogens (tertiary/aromatic N) is 2. The molecule has 0 atom stereocenters. The highest BCUT2D eigenvalue weighted by Crippen LogP contribution is 2.24. The lowest BCUT2D eigenvalue weighted by Gasteiger charge is -2.11. The van der Waals surface area contributed by atoms with E-state index >= 15 is 0 Å². The summed E-state index contributed by atoms with van der Waals surface area (Å²) in [4.78, 5) is 17.1. The van der Waals surface area contributed by atoms with Gasteiger partial charge in [-0.3, -0.25) is 4.79 Å². The summed E-state index contributed by atoms with van der Waals surface area (Å²) < 4.78 is 43.2. The van der Waals surface area contributed by atoms with E-state index in [2.05, 4.69) is 9.71 Å². The maximum atomic E-state index is 15.0. The van der Waals surface area contributed by atoms with Crippen LogP contribution in [0.3, 0.4) is 0 Å². The SMILES string of the molecule is CCCCS(=O)(=O)NC(=O)c1ccc2nc(C)n(Cc3ccc(-c4ccccc4)cc3F)c2c1. The third-order valence-corrected chi connectivity index (χ3v) is 7.03. The van der Waals surface area contributed by atoms with E-state index in [-0.39, 0.29) is 23.7 Å². The number of sulfonamides is 1. The molecule has 0 spiro atoms. The second-order valence-corrected chi connectivity index (χ2v) is 10.1. The monoisotopic (exact) mass is 479 g/mol. The average molecular weight is 480 g/mol. The van der Waals surface area contributed by atoms with Gasteiger partial charge in [0.05, 0.1) is 23.3 Å². The topological polar surface area (TPSA) is 81.1 Å². The quantitative estimate of drug-likeness (QED) is 0.383. The van der Waals surface area contributed by atoms with Crippen LogP contribution in [0.5, 0.6) is 0 Å². The number of hydrogen-bond donors (Lipinski definition) is 1. The number of hydrogen-bond acceptors (Lipinski definition) is 4. The molecule has 1 heterocycles. The second-order valence-electron chi connectivity index (χ2n) is 8.22. The van der Waals surface area contributed by atoms with Crippen LogP contribution in [0.2, 0.25) is 0 Å². The number of amides is 1. The van der Waals surface area contributed by atoms with Crippen LogP contribution in [-0.2, 0) is 16.6 Å². The molecule has 4 rings (SSSR count). The number of carbonyl (C=O) groups is 1. The van der Waals surface area contributed by atoms with E-state index in [1.54, 1.807) is 24.3 Å². The number of nitrogens with one attached hydrogen (secondary N) is 1. The molecule has 176 valence electrons. The Kier molecular flexibility index (Phi) is 6.79. The first-order valence-electron chi connectivity index (χ1n) is 11.1. The van der Waals surface area contributed by atoms with Crippen molar-refractivity contribution in [2.24, 2.45) is 0 Å². The van der Waals surface area contributed by atoms with E-state index in [1.807, 2.05) is 54.8 Å².